The quantitative estimate of drug-likeness (QED) is 0.876. The van der Waals surface area contributed by atoms with Crippen LogP contribution >= 0.6 is 0 Å². The first-order chi connectivity index (χ1) is 9.15. The molecule has 0 saturated heterocycles. The lowest BCUT2D eigenvalue weighted by molar-refractivity contribution is -0.137. The molecule has 5 heteroatoms. The number of aromatic nitrogens is 1. The van der Waals surface area contributed by atoms with Crippen LogP contribution in [0.15, 0.2) is 30.3 Å². The van der Waals surface area contributed by atoms with Crippen molar-refractivity contribution in [1.82, 2.24) is 4.98 Å². The summed E-state index contributed by atoms with van der Waals surface area (Å²) in [4.78, 5) is 15.3. The number of anilines is 1. The lowest BCUT2D eigenvalue weighted by Crippen LogP contribution is -2.28. The zero-order chi connectivity index (χ0) is 13.8. The Balaban J connectivity index is 2.45. The summed E-state index contributed by atoms with van der Waals surface area (Å²) in [5, 5.41) is 21.8. The number of carbonyl (C=O) groups is 1. The van der Waals surface area contributed by atoms with Crippen LogP contribution in [0.4, 0.5) is 5.82 Å². The zero-order valence-electron chi connectivity index (χ0n) is 10.4. The SMILES string of the molecule is CCC(Nc1cc(C#N)c2ccccc2n1)C(=O)O. The van der Waals surface area contributed by atoms with Gasteiger partial charge in [-0.1, -0.05) is 25.1 Å². The van der Waals surface area contributed by atoms with E-state index in [9.17, 15) is 4.79 Å². The molecular weight excluding hydrogens is 242 g/mol. The fourth-order valence-corrected chi connectivity index (χ4v) is 1.86. The van der Waals surface area contributed by atoms with Gasteiger partial charge >= 0.3 is 5.97 Å². The molecule has 19 heavy (non-hydrogen) atoms. The fourth-order valence-electron chi connectivity index (χ4n) is 1.86. The number of carboxylic acids is 1. The Hall–Kier alpha value is -2.61. The Labute approximate surface area is 110 Å². The van der Waals surface area contributed by atoms with E-state index < -0.39 is 12.0 Å². The van der Waals surface area contributed by atoms with Crippen LogP contribution in [-0.4, -0.2) is 22.1 Å². The van der Waals surface area contributed by atoms with E-state index in [2.05, 4.69) is 16.4 Å². The Bertz CT molecular complexity index is 661. The second kappa shape index (κ2) is 5.36. The third-order valence-electron chi connectivity index (χ3n) is 2.87. The highest BCUT2D eigenvalue weighted by Crippen LogP contribution is 2.20. The maximum atomic E-state index is 11.0. The van der Waals surface area contributed by atoms with Gasteiger partial charge in [-0.25, -0.2) is 9.78 Å². The van der Waals surface area contributed by atoms with Gasteiger partial charge in [-0.05, 0) is 18.6 Å². The number of hydrogen-bond acceptors (Lipinski definition) is 4. The van der Waals surface area contributed by atoms with Gasteiger partial charge in [-0.15, -0.1) is 0 Å². The highest BCUT2D eigenvalue weighted by molar-refractivity contribution is 5.87. The predicted molar refractivity (Wildman–Crippen MR) is 71.8 cm³/mol. The van der Waals surface area contributed by atoms with Crippen LogP contribution in [0, 0.1) is 11.3 Å². The van der Waals surface area contributed by atoms with Gasteiger partial charge in [-0.3, -0.25) is 0 Å². The lowest BCUT2D eigenvalue weighted by Gasteiger charge is -2.13. The molecule has 0 saturated carbocycles. The van der Waals surface area contributed by atoms with Crippen molar-refractivity contribution in [2.24, 2.45) is 0 Å². The summed E-state index contributed by atoms with van der Waals surface area (Å²) < 4.78 is 0. The Morgan fingerprint density at radius 2 is 2.26 bits per heavy atom. The molecule has 5 nitrogen and oxygen atoms in total. The summed E-state index contributed by atoms with van der Waals surface area (Å²) >= 11 is 0. The van der Waals surface area contributed by atoms with Crippen molar-refractivity contribution in [2.45, 2.75) is 19.4 Å². The molecule has 1 heterocycles. The molecule has 0 amide bonds. The summed E-state index contributed by atoms with van der Waals surface area (Å²) in [6.07, 6.45) is 0.436. The third-order valence-corrected chi connectivity index (χ3v) is 2.87. The maximum absolute atomic E-state index is 11.0. The smallest absolute Gasteiger partial charge is 0.326 e. The molecule has 1 aromatic carbocycles. The van der Waals surface area contributed by atoms with E-state index in [4.69, 9.17) is 10.4 Å². The minimum atomic E-state index is -0.934. The van der Waals surface area contributed by atoms with Crippen LogP contribution < -0.4 is 5.32 Å². The number of rotatable bonds is 4. The molecule has 0 fully saturated rings. The minimum Gasteiger partial charge on any atom is -0.480 e. The zero-order valence-corrected chi connectivity index (χ0v) is 10.4. The van der Waals surface area contributed by atoms with E-state index in [0.717, 1.165) is 5.39 Å². The van der Waals surface area contributed by atoms with Crippen molar-refractivity contribution in [3.63, 3.8) is 0 Å². The van der Waals surface area contributed by atoms with E-state index in [1.165, 1.54) is 0 Å². The third kappa shape index (κ3) is 2.63. The van der Waals surface area contributed by atoms with E-state index in [0.29, 0.717) is 23.3 Å². The van der Waals surface area contributed by atoms with Gasteiger partial charge in [0, 0.05) is 5.39 Å². The first-order valence-corrected chi connectivity index (χ1v) is 5.95. The number of para-hydroxylation sites is 1. The highest BCUT2D eigenvalue weighted by atomic mass is 16.4. The Kier molecular flexibility index (Phi) is 3.62. The molecule has 0 aliphatic rings. The summed E-state index contributed by atoms with van der Waals surface area (Å²) in [7, 11) is 0. The first kappa shape index (κ1) is 12.8. The molecule has 0 aliphatic carbocycles. The molecule has 2 aromatic rings. The number of benzene rings is 1. The Morgan fingerprint density at radius 3 is 2.89 bits per heavy atom. The molecule has 0 bridgehead atoms. The standard InChI is InChI=1S/C14H13N3O2/c1-2-11(14(18)19)16-13-7-9(8-15)10-5-3-4-6-12(10)17-13/h3-7,11H,2H2,1H3,(H,16,17)(H,18,19). The van der Waals surface area contributed by atoms with Crippen LogP contribution in [-0.2, 0) is 4.79 Å². The van der Waals surface area contributed by atoms with Crippen molar-refractivity contribution >= 4 is 22.7 Å². The molecule has 1 unspecified atom stereocenters. The number of nitrogens with one attached hydrogen (secondary N) is 1. The van der Waals surface area contributed by atoms with Crippen molar-refractivity contribution < 1.29 is 9.90 Å². The molecule has 96 valence electrons. The number of carboxylic acid groups (broad SMARTS) is 1. The van der Waals surface area contributed by atoms with Crippen LogP contribution in [0.5, 0.6) is 0 Å². The predicted octanol–water partition coefficient (Wildman–Crippen LogP) is 2.38. The van der Waals surface area contributed by atoms with Crippen LogP contribution in [0.25, 0.3) is 10.9 Å². The number of nitrogens with zero attached hydrogens (tertiary/aromatic N) is 2. The lowest BCUT2D eigenvalue weighted by atomic mass is 10.1. The minimum absolute atomic E-state index is 0.407. The first-order valence-electron chi connectivity index (χ1n) is 5.95. The molecule has 0 aliphatic heterocycles. The van der Waals surface area contributed by atoms with E-state index >= 15 is 0 Å². The summed E-state index contributed by atoms with van der Waals surface area (Å²) in [5.74, 6) is -0.527. The second-order valence-electron chi connectivity index (χ2n) is 4.13. The van der Waals surface area contributed by atoms with E-state index in [1.807, 2.05) is 18.2 Å². The maximum Gasteiger partial charge on any atom is 0.326 e. The summed E-state index contributed by atoms with van der Waals surface area (Å²) in [6, 6.07) is 10.3. The average Bonchev–Trinajstić information content (AvgIpc) is 2.43. The number of aliphatic carboxylic acids is 1. The second-order valence-corrected chi connectivity index (χ2v) is 4.13. The highest BCUT2D eigenvalue weighted by Gasteiger charge is 2.15. The molecule has 2 rings (SSSR count). The van der Waals surface area contributed by atoms with Crippen molar-refractivity contribution in [2.75, 3.05) is 5.32 Å². The Morgan fingerprint density at radius 1 is 1.53 bits per heavy atom. The van der Waals surface area contributed by atoms with Crippen LogP contribution in [0.2, 0.25) is 0 Å². The number of hydrogen-bond donors (Lipinski definition) is 2. The number of nitriles is 1. The van der Waals surface area contributed by atoms with Gasteiger partial charge in [0.05, 0.1) is 17.1 Å². The van der Waals surface area contributed by atoms with Gasteiger partial charge in [-0.2, -0.15) is 5.26 Å². The van der Waals surface area contributed by atoms with Crippen LogP contribution in [0.1, 0.15) is 18.9 Å². The van der Waals surface area contributed by atoms with Gasteiger partial charge in [0.25, 0.3) is 0 Å². The average molecular weight is 255 g/mol. The van der Waals surface area contributed by atoms with E-state index in [-0.39, 0.29) is 0 Å². The molecular formula is C14H13N3O2. The molecule has 1 aromatic heterocycles. The van der Waals surface area contributed by atoms with E-state index in [1.54, 1.807) is 19.1 Å². The molecule has 1 atom stereocenters. The molecule has 2 N–H and O–H groups in total. The monoisotopic (exact) mass is 255 g/mol. The van der Waals surface area contributed by atoms with Gasteiger partial charge in [0.2, 0.25) is 0 Å². The van der Waals surface area contributed by atoms with Crippen molar-refractivity contribution in [3.8, 4) is 6.07 Å². The molecule has 0 radical (unpaired) electrons. The fraction of sp³-hybridized carbons (Fsp3) is 0.214. The summed E-state index contributed by atoms with van der Waals surface area (Å²) in [6.45, 7) is 1.78. The normalized spacial score (nSPS) is 11.8. The van der Waals surface area contributed by atoms with Crippen molar-refractivity contribution in [1.29, 1.82) is 5.26 Å². The number of pyridine rings is 1. The summed E-state index contributed by atoms with van der Waals surface area (Å²) in [5.41, 5.74) is 1.15. The van der Waals surface area contributed by atoms with Gasteiger partial charge in [0.1, 0.15) is 11.9 Å². The van der Waals surface area contributed by atoms with Gasteiger partial charge in [0.15, 0.2) is 0 Å². The van der Waals surface area contributed by atoms with Gasteiger partial charge < -0.3 is 10.4 Å². The topological polar surface area (TPSA) is 86.0 Å². The van der Waals surface area contributed by atoms with Crippen molar-refractivity contribution in [3.05, 3.63) is 35.9 Å². The largest absolute Gasteiger partial charge is 0.480 e. The van der Waals surface area contributed by atoms with Crippen LogP contribution in [0.3, 0.4) is 0 Å². The molecule has 0 spiro atoms. The number of fused-ring (bicyclic) bond motifs is 1.